The molecular formula is C18H22F3N3O. The molecule has 0 aliphatic carbocycles. The van der Waals surface area contributed by atoms with Crippen LogP contribution in [0.15, 0.2) is 30.5 Å². The SMILES string of the molecule is CCCOc1nc(N(C)c2ccccc2C(C)C)ncc1C(F)(F)F. The van der Waals surface area contributed by atoms with Crippen LogP contribution in [-0.2, 0) is 6.18 Å². The predicted octanol–water partition coefficient (Wildman–Crippen LogP) is 5.18. The van der Waals surface area contributed by atoms with Gasteiger partial charge in [0.2, 0.25) is 11.8 Å². The zero-order valence-corrected chi connectivity index (χ0v) is 14.8. The number of para-hydroxylation sites is 1. The van der Waals surface area contributed by atoms with Gasteiger partial charge < -0.3 is 9.64 Å². The maximum absolute atomic E-state index is 13.1. The third kappa shape index (κ3) is 4.41. The Hall–Kier alpha value is -2.31. The topological polar surface area (TPSA) is 38.2 Å². The van der Waals surface area contributed by atoms with Gasteiger partial charge in [-0.05, 0) is 24.0 Å². The van der Waals surface area contributed by atoms with Gasteiger partial charge >= 0.3 is 6.18 Å². The molecule has 0 spiro atoms. The van der Waals surface area contributed by atoms with Crippen molar-refractivity contribution in [2.24, 2.45) is 0 Å². The number of anilines is 2. The van der Waals surface area contributed by atoms with Gasteiger partial charge in [0, 0.05) is 18.9 Å². The number of hydrogen-bond acceptors (Lipinski definition) is 4. The first kappa shape index (κ1) is 19.0. The van der Waals surface area contributed by atoms with Crippen molar-refractivity contribution in [3.05, 3.63) is 41.6 Å². The Morgan fingerprint density at radius 1 is 1.20 bits per heavy atom. The van der Waals surface area contributed by atoms with Crippen LogP contribution in [0, 0.1) is 0 Å². The van der Waals surface area contributed by atoms with Gasteiger partial charge in [-0.3, -0.25) is 0 Å². The van der Waals surface area contributed by atoms with E-state index >= 15 is 0 Å². The first-order valence-electron chi connectivity index (χ1n) is 8.15. The van der Waals surface area contributed by atoms with Gasteiger partial charge in [-0.25, -0.2) is 4.98 Å². The number of alkyl halides is 3. The molecule has 0 N–H and O–H groups in total. The van der Waals surface area contributed by atoms with Crippen LogP contribution in [0.4, 0.5) is 24.8 Å². The highest BCUT2D eigenvalue weighted by Crippen LogP contribution is 2.37. The first-order chi connectivity index (χ1) is 11.8. The van der Waals surface area contributed by atoms with E-state index in [2.05, 4.69) is 23.8 Å². The van der Waals surface area contributed by atoms with Gasteiger partial charge in [-0.15, -0.1) is 0 Å². The van der Waals surface area contributed by atoms with E-state index in [9.17, 15) is 13.2 Å². The fraction of sp³-hybridized carbons (Fsp3) is 0.444. The van der Waals surface area contributed by atoms with Gasteiger partial charge in [0.25, 0.3) is 0 Å². The fourth-order valence-electron chi connectivity index (χ4n) is 2.41. The van der Waals surface area contributed by atoms with Gasteiger partial charge in [0.1, 0.15) is 5.56 Å². The summed E-state index contributed by atoms with van der Waals surface area (Å²) in [5.41, 5.74) is 0.943. The quantitative estimate of drug-likeness (QED) is 0.718. The molecule has 0 aliphatic rings. The van der Waals surface area contributed by atoms with E-state index < -0.39 is 17.6 Å². The van der Waals surface area contributed by atoms with E-state index in [1.54, 1.807) is 11.9 Å². The van der Waals surface area contributed by atoms with E-state index in [0.29, 0.717) is 6.42 Å². The van der Waals surface area contributed by atoms with Crippen molar-refractivity contribution in [3.63, 3.8) is 0 Å². The molecule has 1 aromatic heterocycles. The summed E-state index contributed by atoms with van der Waals surface area (Å²) >= 11 is 0. The number of benzene rings is 1. The Labute approximate surface area is 145 Å². The summed E-state index contributed by atoms with van der Waals surface area (Å²) in [7, 11) is 1.73. The number of nitrogens with zero attached hydrogens (tertiary/aromatic N) is 3. The van der Waals surface area contributed by atoms with Crippen molar-refractivity contribution in [1.29, 1.82) is 0 Å². The number of hydrogen-bond donors (Lipinski definition) is 0. The Kier molecular flexibility index (Phi) is 5.87. The van der Waals surface area contributed by atoms with Gasteiger partial charge in [-0.2, -0.15) is 18.2 Å². The van der Waals surface area contributed by atoms with E-state index in [-0.39, 0.29) is 18.5 Å². The van der Waals surface area contributed by atoms with Crippen molar-refractivity contribution in [1.82, 2.24) is 9.97 Å². The molecule has 2 aromatic rings. The summed E-state index contributed by atoms with van der Waals surface area (Å²) in [6, 6.07) is 7.67. The van der Waals surface area contributed by atoms with Crippen LogP contribution in [0.25, 0.3) is 0 Å². The number of aromatic nitrogens is 2. The van der Waals surface area contributed by atoms with Crippen LogP contribution in [-0.4, -0.2) is 23.6 Å². The smallest absolute Gasteiger partial charge is 0.423 e. The standard InChI is InChI=1S/C18H22F3N3O/c1-5-10-25-16-14(18(19,20)21)11-22-17(23-16)24(4)15-9-7-6-8-13(15)12(2)3/h6-9,11-12H,5,10H2,1-4H3. The molecule has 0 fully saturated rings. The first-order valence-corrected chi connectivity index (χ1v) is 8.15. The van der Waals surface area contributed by atoms with E-state index in [4.69, 9.17) is 4.74 Å². The summed E-state index contributed by atoms with van der Waals surface area (Å²) in [5.74, 6) is -0.0238. The Balaban J connectivity index is 2.46. The van der Waals surface area contributed by atoms with Gasteiger partial charge in [0.15, 0.2) is 0 Å². The molecule has 0 saturated heterocycles. The normalized spacial score (nSPS) is 11.7. The third-order valence-corrected chi connectivity index (χ3v) is 3.71. The monoisotopic (exact) mass is 353 g/mol. The van der Waals surface area contributed by atoms with Crippen LogP contribution in [0.5, 0.6) is 5.88 Å². The maximum atomic E-state index is 13.1. The molecule has 0 saturated carbocycles. The molecule has 0 amide bonds. The molecule has 136 valence electrons. The lowest BCUT2D eigenvalue weighted by Crippen LogP contribution is -2.18. The largest absolute Gasteiger partial charge is 0.477 e. The predicted molar refractivity (Wildman–Crippen MR) is 91.4 cm³/mol. The average molecular weight is 353 g/mol. The lowest BCUT2D eigenvalue weighted by atomic mass is 10.0. The molecule has 0 radical (unpaired) electrons. The zero-order valence-electron chi connectivity index (χ0n) is 14.8. The van der Waals surface area contributed by atoms with Gasteiger partial charge in [-0.1, -0.05) is 39.0 Å². The highest BCUT2D eigenvalue weighted by Gasteiger charge is 2.36. The molecule has 4 nitrogen and oxygen atoms in total. The lowest BCUT2D eigenvalue weighted by Gasteiger charge is -2.23. The zero-order chi connectivity index (χ0) is 18.6. The van der Waals surface area contributed by atoms with Crippen LogP contribution in [0.1, 0.15) is 44.2 Å². The molecule has 1 heterocycles. The third-order valence-electron chi connectivity index (χ3n) is 3.71. The fourth-order valence-corrected chi connectivity index (χ4v) is 2.41. The number of ether oxygens (including phenoxy) is 1. The number of halogens is 3. The summed E-state index contributed by atoms with van der Waals surface area (Å²) < 4.78 is 44.6. The molecule has 0 unspecified atom stereocenters. The Morgan fingerprint density at radius 2 is 1.88 bits per heavy atom. The minimum Gasteiger partial charge on any atom is -0.477 e. The Bertz CT molecular complexity index is 717. The number of rotatable bonds is 6. The maximum Gasteiger partial charge on any atom is 0.423 e. The van der Waals surface area contributed by atoms with E-state index in [0.717, 1.165) is 17.4 Å². The van der Waals surface area contributed by atoms with Crippen molar-refractivity contribution < 1.29 is 17.9 Å². The molecule has 1 aromatic carbocycles. The van der Waals surface area contributed by atoms with Crippen molar-refractivity contribution in [3.8, 4) is 5.88 Å². The highest BCUT2D eigenvalue weighted by atomic mass is 19.4. The Morgan fingerprint density at radius 3 is 2.48 bits per heavy atom. The van der Waals surface area contributed by atoms with Crippen molar-refractivity contribution in [2.45, 2.75) is 39.3 Å². The van der Waals surface area contributed by atoms with Crippen LogP contribution >= 0.6 is 0 Å². The van der Waals surface area contributed by atoms with E-state index in [1.807, 2.05) is 31.2 Å². The molecular weight excluding hydrogens is 331 g/mol. The second-order valence-corrected chi connectivity index (χ2v) is 6.01. The minimum absolute atomic E-state index is 0.159. The molecule has 0 bridgehead atoms. The van der Waals surface area contributed by atoms with Crippen LogP contribution in [0.2, 0.25) is 0 Å². The highest BCUT2D eigenvalue weighted by molar-refractivity contribution is 5.62. The molecule has 7 heteroatoms. The van der Waals surface area contributed by atoms with Gasteiger partial charge in [0.05, 0.1) is 6.61 Å². The van der Waals surface area contributed by atoms with Crippen LogP contribution in [0.3, 0.4) is 0 Å². The van der Waals surface area contributed by atoms with Crippen molar-refractivity contribution in [2.75, 3.05) is 18.6 Å². The van der Waals surface area contributed by atoms with Crippen molar-refractivity contribution >= 4 is 11.6 Å². The molecule has 0 atom stereocenters. The van der Waals surface area contributed by atoms with E-state index in [1.165, 1.54) is 0 Å². The summed E-state index contributed by atoms with van der Waals surface area (Å²) in [6.07, 6.45) is -3.19. The van der Waals surface area contributed by atoms with Crippen LogP contribution < -0.4 is 9.64 Å². The summed E-state index contributed by atoms with van der Waals surface area (Å²) in [5, 5.41) is 0. The lowest BCUT2D eigenvalue weighted by molar-refractivity contribution is -0.139. The molecule has 2 rings (SSSR count). The molecule has 0 aliphatic heterocycles. The minimum atomic E-state index is -4.56. The summed E-state index contributed by atoms with van der Waals surface area (Å²) in [6.45, 7) is 6.08. The average Bonchev–Trinajstić information content (AvgIpc) is 2.58. The molecule has 25 heavy (non-hydrogen) atoms. The second-order valence-electron chi connectivity index (χ2n) is 6.01. The second kappa shape index (κ2) is 7.72. The summed E-state index contributed by atoms with van der Waals surface area (Å²) in [4.78, 5) is 9.61.